The van der Waals surface area contributed by atoms with E-state index in [2.05, 4.69) is 15.1 Å². The van der Waals surface area contributed by atoms with Gasteiger partial charge in [-0.2, -0.15) is 18.3 Å². The van der Waals surface area contributed by atoms with E-state index in [4.69, 9.17) is 4.74 Å². The molecule has 0 saturated heterocycles. The first kappa shape index (κ1) is 17.1. The number of carbonyl (C=O) groups is 1. The summed E-state index contributed by atoms with van der Waals surface area (Å²) >= 11 is 0. The number of aromatic nitrogens is 5. The number of nitrogens with zero attached hydrogens (tertiary/aromatic N) is 5. The zero-order valence-electron chi connectivity index (χ0n) is 13.6. The first-order chi connectivity index (χ1) is 12.8. The molecule has 0 fully saturated rings. The quantitative estimate of drug-likeness (QED) is 0.751. The van der Waals surface area contributed by atoms with Gasteiger partial charge < -0.3 is 14.4 Å². The Kier molecular flexibility index (Phi) is 3.86. The lowest BCUT2D eigenvalue weighted by molar-refractivity contribution is -0.142. The summed E-state index contributed by atoms with van der Waals surface area (Å²) in [5, 5.41) is 12.8. The molecular formula is C16H12F3N5O3. The van der Waals surface area contributed by atoms with Crippen molar-refractivity contribution >= 4 is 5.97 Å². The molecular weight excluding hydrogens is 367 g/mol. The summed E-state index contributed by atoms with van der Waals surface area (Å²) in [5.41, 5.74) is 0.705. The Hall–Kier alpha value is -3.37. The molecule has 8 nitrogen and oxygen atoms in total. The lowest BCUT2D eigenvalue weighted by Gasteiger charge is -2.08. The molecule has 0 aliphatic carbocycles. The number of hydrogen-bond donors (Lipinski definition) is 1. The summed E-state index contributed by atoms with van der Waals surface area (Å²) in [6.07, 6.45) is -1.86. The van der Waals surface area contributed by atoms with Gasteiger partial charge >= 0.3 is 12.1 Å². The second-order valence-electron chi connectivity index (χ2n) is 5.86. The number of imidazole rings is 1. The third kappa shape index (κ3) is 3.23. The van der Waals surface area contributed by atoms with Gasteiger partial charge in [-0.3, -0.25) is 0 Å². The van der Waals surface area contributed by atoms with Gasteiger partial charge in [-0.25, -0.2) is 19.4 Å². The van der Waals surface area contributed by atoms with Crippen molar-refractivity contribution in [2.24, 2.45) is 0 Å². The summed E-state index contributed by atoms with van der Waals surface area (Å²) in [6.45, 7) is -0.586. The van der Waals surface area contributed by atoms with Gasteiger partial charge in [-0.15, -0.1) is 0 Å². The molecule has 11 heteroatoms. The summed E-state index contributed by atoms with van der Waals surface area (Å²) in [5.74, 6) is -0.287. The van der Waals surface area contributed by atoms with E-state index in [1.807, 2.05) is 0 Å². The number of halogens is 3. The zero-order chi connectivity index (χ0) is 19.2. The highest BCUT2D eigenvalue weighted by Crippen LogP contribution is 2.34. The van der Waals surface area contributed by atoms with Crippen LogP contribution in [0.1, 0.15) is 10.4 Å². The van der Waals surface area contributed by atoms with Gasteiger partial charge in [0.25, 0.3) is 0 Å². The minimum absolute atomic E-state index is 0.0234. The van der Waals surface area contributed by atoms with E-state index < -0.39 is 18.7 Å². The Bertz CT molecular complexity index is 1020. The normalized spacial score (nSPS) is 13.4. The predicted octanol–water partition coefficient (Wildman–Crippen LogP) is 2.46. The Labute approximate surface area is 149 Å². The van der Waals surface area contributed by atoms with Crippen LogP contribution in [-0.4, -0.2) is 48.2 Å². The lowest BCUT2D eigenvalue weighted by Crippen LogP contribution is -2.19. The molecule has 0 atom stereocenters. The number of fused-ring (bicyclic) bond motifs is 3. The third-order valence-corrected chi connectivity index (χ3v) is 4.01. The molecule has 1 N–H and O–H groups in total. The third-order valence-electron chi connectivity index (χ3n) is 4.01. The van der Waals surface area contributed by atoms with Crippen LogP contribution in [0, 0.1) is 0 Å². The van der Waals surface area contributed by atoms with Crippen LogP contribution in [0.25, 0.3) is 22.9 Å². The monoisotopic (exact) mass is 379 g/mol. The molecule has 0 saturated carbocycles. The number of rotatable bonds is 3. The van der Waals surface area contributed by atoms with Crippen LogP contribution >= 0.6 is 0 Å². The summed E-state index contributed by atoms with van der Waals surface area (Å²) in [6, 6.07) is 4.38. The number of benzene rings is 1. The fourth-order valence-corrected chi connectivity index (χ4v) is 2.87. The van der Waals surface area contributed by atoms with Crippen molar-refractivity contribution in [3.8, 4) is 28.7 Å². The highest BCUT2D eigenvalue weighted by Gasteiger charge is 2.31. The lowest BCUT2D eigenvalue weighted by atomic mass is 10.1. The van der Waals surface area contributed by atoms with Crippen molar-refractivity contribution in [1.29, 1.82) is 0 Å². The first-order valence-corrected chi connectivity index (χ1v) is 7.84. The molecule has 1 aliphatic heterocycles. The van der Waals surface area contributed by atoms with Gasteiger partial charge in [-0.05, 0) is 18.2 Å². The second-order valence-corrected chi connectivity index (χ2v) is 5.86. The minimum Gasteiger partial charge on any atom is -0.491 e. The molecule has 0 spiro atoms. The van der Waals surface area contributed by atoms with Crippen molar-refractivity contribution in [2.75, 3.05) is 6.61 Å². The maximum atomic E-state index is 12.7. The smallest absolute Gasteiger partial charge is 0.408 e. The maximum absolute atomic E-state index is 12.7. The minimum atomic E-state index is -4.45. The molecule has 1 aromatic carbocycles. The number of carboxylic acids is 1. The molecule has 3 aromatic rings. The van der Waals surface area contributed by atoms with E-state index in [1.54, 1.807) is 10.8 Å². The first-order valence-electron chi connectivity index (χ1n) is 7.84. The zero-order valence-corrected chi connectivity index (χ0v) is 13.6. The summed E-state index contributed by atoms with van der Waals surface area (Å²) in [7, 11) is 0. The Morgan fingerprint density at radius 3 is 2.85 bits per heavy atom. The van der Waals surface area contributed by atoms with E-state index in [-0.39, 0.29) is 17.1 Å². The highest BCUT2D eigenvalue weighted by atomic mass is 19.4. The number of ether oxygens (including phenoxy) is 1. The van der Waals surface area contributed by atoms with Crippen molar-refractivity contribution in [3.05, 3.63) is 36.3 Å². The van der Waals surface area contributed by atoms with Crippen LogP contribution in [-0.2, 0) is 13.1 Å². The van der Waals surface area contributed by atoms with Gasteiger partial charge in [0.1, 0.15) is 36.7 Å². The number of hydrogen-bond acceptors (Lipinski definition) is 5. The molecule has 0 radical (unpaired) electrons. The maximum Gasteiger partial charge on any atom is 0.408 e. The molecule has 4 rings (SSSR count). The van der Waals surface area contributed by atoms with Crippen molar-refractivity contribution in [1.82, 2.24) is 24.3 Å². The van der Waals surface area contributed by atoms with Crippen molar-refractivity contribution in [2.45, 2.75) is 19.3 Å². The van der Waals surface area contributed by atoms with Gasteiger partial charge in [0.15, 0.2) is 5.82 Å². The van der Waals surface area contributed by atoms with Crippen molar-refractivity contribution < 1.29 is 27.8 Å². The Morgan fingerprint density at radius 1 is 1.30 bits per heavy atom. The Balaban J connectivity index is 1.81. The summed E-state index contributed by atoms with van der Waals surface area (Å²) < 4.78 is 46.2. The highest BCUT2D eigenvalue weighted by molar-refractivity contribution is 5.90. The second kappa shape index (κ2) is 6.11. The summed E-state index contributed by atoms with van der Waals surface area (Å²) in [4.78, 5) is 19.5. The average Bonchev–Trinajstić information content (AvgIpc) is 3.16. The number of aromatic carboxylic acids is 1. The molecule has 0 bridgehead atoms. The van der Waals surface area contributed by atoms with Gasteiger partial charge in [0, 0.05) is 6.20 Å². The van der Waals surface area contributed by atoms with Crippen LogP contribution in [0.3, 0.4) is 0 Å². The fraction of sp³-hybridized carbons (Fsp3) is 0.250. The van der Waals surface area contributed by atoms with Crippen LogP contribution in [0.5, 0.6) is 5.75 Å². The van der Waals surface area contributed by atoms with Crippen molar-refractivity contribution in [3.63, 3.8) is 0 Å². The average molecular weight is 379 g/mol. The predicted molar refractivity (Wildman–Crippen MR) is 85.2 cm³/mol. The van der Waals surface area contributed by atoms with Crippen LogP contribution in [0.15, 0.2) is 30.7 Å². The molecule has 0 amide bonds. The van der Waals surface area contributed by atoms with E-state index in [0.29, 0.717) is 30.3 Å². The molecule has 27 heavy (non-hydrogen) atoms. The van der Waals surface area contributed by atoms with E-state index >= 15 is 0 Å². The van der Waals surface area contributed by atoms with Gasteiger partial charge in [0.05, 0.1) is 17.7 Å². The Morgan fingerprint density at radius 2 is 2.11 bits per heavy atom. The molecule has 0 unspecified atom stereocenters. The standard InChI is InChI=1S/C16H12F3N5O3/c17-16(18,19)7-24-14(20-8-21-24)11-6-23-3-4-27-12-2-1-9(15(25)26)5-10(12)13(23)22-11/h1-2,5-6,8H,3-4,7H2,(H,25,26). The van der Waals surface area contributed by atoms with Gasteiger partial charge in [0.2, 0.25) is 0 Å². The molecule has 140 valence electrons. The molecule has 2 aromatic heterocycles. The van der Waals surface area contributed by atoms with Crippen LogP contribution in [0.4, 0.5) is 13.2 Å². The van der Waals surface area contributed by atoms with E-state index in [1.165, 1.54) is 18.2 Å². The molecule has 1 aliphatic rings. The van der Waals surface area contributed by atoms with E-state index in [0.717, 1.165) is 11.0 Å². The number of alkyl halides is 3. The molecule has 3 heterocycles. The van der Waals surface area contributed by atoms with Crippen LogP contribution in [0.2, 0.25) is 0 Å². The van der Waals surface area contributed by atoms with E-state index in [9.17, 15) is 23.1 Å². The largest absolute Gasteiger partial charge is 0.491 e. The van der Waals surface area contributed by atoms with Gasteiger partial charge in [-0.1, -0.05) is 0 Å². The number of carboxylic acid groups (broad SMARTS) is 1. The topological polar surface area (TPSA) is 95.1 Å². The SMILES string of the molecule is O=C(O)c1ccc2c(c1)-c1nc(-c3ncnn3CC(F)(F)F)cn1CCO2. The fourth-order valence-electron chi connectivity index (χ4n) is 2.87. The van der Waals surface area contributed by atoms with Crippen LogP contribution < -0.4 is 4.74 Å².